The molecule has 25 heavy (non-hydrogen) atoms. The SMILES string of the molecule is COc1ccc(CCN(CC2CC2)C(=O)c2csc(C)n2)cc1OC. The van der Waals surface area contributed by atoms with Crippen LogP contribution >= 0.6 is 11.3 Å². The van der Waals surface area contributed by atoms with E-state index in [1.54, 1.807) is 14.2 Å². The topological polar surface area (TPSA) is 51.7 Å². The van der Waals surface area contributed by atoms with Crippen molar-refractivity contribution < 1.29 is 14.3 Å². The van der Waals surface area contributed by atoms with Crippen LogP contribution in [-0.4, -0.2) is 43.1 Å². The van der Waals surface area contributed by atoms with Crippen molar-refractivity contribution in [3.8, 4) is 11.5 Å². The monoisotopic (exact) mass is 360 g/mol. The van der Waals surface area contributed by atoms with Crippen molar-refractivity contribution in [3.63, 3.8) is 0 Å². The first-order valence-electron chi connectivity index (χ1n) is 8.53. The fourth-order valence-electron chi connectivity index (χ4n) is 2.81. The molecule has 1 aliphatic rings. The number of hydrogen-bond acceptors (Lipinski definition) is 5. The predicted molar refractivity (Wildman–Crippen MR) is 98.7 cm³/mol. The molecule has 1 amide bonds. The second-order valence-corrected chi connectivity index (χ2v) is 7.45. The van der Waals surface area contributed by atoms with Crippen LogP contribution in [0.5, 0.6) is 11.5 Å². The number of thiazole rings is 1. The number of hydrogen-bond donors (Lipinski definition) is 0. The number of carbonyl (C=O) groups excluding carboxylic acids is 1. The van der Waals surface area contributed by atoms with Gasteiger partial charge in [-0.2, -0.15) is 0 Å². The average molecular weight is 360 g/mol. The molecule has 0 atom stereocenters. The van der Waals surface area contributed by atoms with Crippen molar-refractivity contribution in [2.24, 2.45) is 5.92 Å². The van der Waals surface area contributed by atoms with Gasteiger partial charge in [0.25, 0.3) is 5.91 Å². The van der Waals surface area contributed by atoms with E-state index in [2.05, 4.69) is 4.98 Å². The molecule has 1 fully saturated rings. The molecule has 3 rings (SSSR count). The minimum Gasteiger partial charge on any atom is -0.493 e. The van der Waals surface area contributed by atoms with Crippen LogP contribution in [0.3, 0.4) is 0 Å². The van der Waals surface area contributed by atoms with Gasteiger partial charge < -0.3 is 14.4 Å². The molecule has 1 saturated carbocycles. The number of rotatable bonds is 8. The number of benzene rings is 1. The highest BCUT2D eigenvalue weighted by atomic mass is 32.1. The van der Waals surface area contributed by atoms with Crippen molar-refractivity contribution in [1.82, 2.24) is 9.88 Å². The molecule has 0 saturated heterocycles. The highest BCUT2D eigenvalue weighted by molar-refractivity contribution is 7.09. The molecular formula is C19H24N2O3S. The zero-order chi connectivity index (χ0) is 17.8. The van der Waals surface area contributed by atoms with Gasteiger partial charge in [-0.1, -0.05) is 6.07 Å². The largest absolute Gasteiger partial charge is 0.493 e. The van der Waals surface area contributed by atoms with E-state index in [0.717, 1.165) is 35.0 Å². The molecule has 2 aromatic rings. The summed E-state index contributed by atoms with van der Waals surface area (Å²) in [6.45, 7) is 3.43. The summed E-state index contributed by atoms with van der Waals surface area (Å²) in [5.41, 5.74) is 1.69. The van der Waals surface area contributed by atoms with Gasteiger partial charge in [0.1, 0.15) is 5.69 Å². The van der Waals surface area contributed by atoms with Gasteiger partial charge in [0, 0.05) is 18.5 Å². The van der Waals surface area contributed by atoms with E-state index >= 15 is 0 Å². The fourth-order valence-corrected chi connectivity index (χ4v) is 3.40. The predicted octanol–water partition coefficient (Wildman–Crippen LogP) is 3.56. The maximum atomic E-state index is 12.8. The zero-order valence-corrected chi connectivity index (χ0v) is 15.8. The summed E-state index contributed by atoms with van der Waals surface area (Å²) >= 11 is 1.52. The normalized spacial score (nSPS) is 13.6. The van der Waals surface area contributed by atoms with Crippen molar-refractivity contribution in [2.75, 3.05) is 27.3 Å². The number of nitrogens with zero attached hydrogens (tertiary/aromatic N) is 2. The maximum Gasteiger partial charge on any atom is 0.273 e. The molecule has 6 heteroatoms. The number of aryl methyl sites for hydroxylation is 1. The lowest BCUT2D eigenvalue weighted by Gasteiger charge is -2.22. The Labute approximate surface area is 152 Å². The molecule has 0 unspecified atom stereocenters. The van der Waals surface area contributed by atoms with Gasteiger partial charge in [-0.15, -0.1) is 11.3 Å². The van der Waals surface area contributed by atoms with Crippen molar-refractivity contribution in [3.05, 3.63) is 39.8 Å². The summed E-state index contributed by atoms with van der Waals surface area (Å²) in [7, 11) is 3.26. The molecule has 0 N–H and O–H groups in total. The minimum atomic E-state index is 0.0386. The molecule has 5 nitrogen and oxygen atoms in total. The van der Waals surface area contributed by atoms with Crippen LogP contribution in [-0.2, 0) is 6.42 Å². The Hall–Kier alpha value is -2.08. The van der Waals surface area contributed by atoms with Crippen LogP contribution in [0.1, 0.15) is 33.9 Å². The molecule has 1 aromatic carbocycles. The van der Waals surface area contributed by atoms with E-state index in [0.29, 0.717) is 18.2 Å². The smallest absolute Gasteiger partial charge is 0.273 e. The van der Waals surface area contributed by atoms with Crippen LogP contribution in [0.15, 0.2) is 23.6 Å². The number of methoxy groups -OCH3 is 2. The number of aromatic nitrogens is 1. The zero-order valence-electron chi connectivity index (χ0n) is 14.9. The second-order valence-electron chi connectivity index (χ2n) is 6.39. The molecule has 0 radical (unpaired) electrons. The Morgan fingerprint density at radius 3 is 2.64 bits per heavy atom. The molecule has 0 aliphatic heterocycles. The third kappa shape index (κ3) is 4.51. The molecule has 1 aliphatic carbocycles. The molecule has 1 heterocycles. The van der Waals surface area contributed by atoms with Gasteiger partial charge in [-0.25, -0.2) is 4.98 Å². The van der Waals surface area contributed by atoms with Crippen LogP contribution in [0.4, 0.5) is 0 Å². The Kier molecular flexibility index (Phi) is 5.58. The van der Waals surface area contributed by atoms with Crippen molar-refractivity contribution in [1.29, 1.82) is 0 Å². The lowest BCUT2D eigenvalue weighted by Crippen LogP contribution is -2.35. The van der Waals surface area contributed by atoms with E-state index in [9.17, 15) is 4.79 Å². The standard InChI is InChI=1S/C19H24N2O3S/c1-13-20-16(12-25-13)19(22)21(11-15-4-5-15)9-8-14-6-7-17(23-2)18(10-14)24-3/h6-7,10,12,15H,4-5,8-9,11H2,1-3H3. The van der Waals surface area contributed by atoms with Crippen molar-refractivity contribution in [2.45, 2.75) is 26.2 Å². The average Bonchev–Trinajstić information content (AvgIpc) is 3.35. The van der Waals surface area contributed by atoms with E-state index in [1.165, 1.54) is 24.2 Å². The number of amides is 1. The van der Waals surface area contributed by atoms with Crippen LogP contribution in [0.2, 0.25) is 0 Å². The van der Waals surface area contributed by atoms with Gasteiger partial charge in [0.2, 0.25) is 0 Å². The van der Waals surface area contributed by atoms with Crippen LogP contribution in [0, 0.1) is 12.8 Å². The summed E-state index contributed by atoms with van der Waals surface area (Å²) < 4.78 is 10.6. The van der Waals surface area contributed by atoms with Gasteiger partial charge in [-0.3, -0.25) is 4.79 Å². The fraction of sp³-hybridized carbons (Fsp3) is 0.474. The van der Waals surface area contributed by atoms with Gasteiger partial charge in [0.05, 0.1) is 19.2 Å². The lowest BCUT2D eigenvalue weighted by molar-refractivity contribution is 0.0744. The molecule has 1 aromatic heterocycles. The summed E-state index contributed by atoms with van der Waals surface area (Å²) in [4.78, 5) is 19.1. The molecular weight excluding hydrogens is 336 g/mol. The van der Waals surface area contributed by atoms with Crippen LogP contribution in [0.25, 0.3) is 0 Å². The third-order valence-corrected chi connectivity index (χ3v) is 5.19. The Morgan fingerprint density at radius 1 is 1.28 bits per heavy atom. The first-order valence-corrected chi connectivity index (χ1v) is 9.41. The molecule has 0 spiro atoms. The third-order valence-electron chi connectivity index (χ3n) is 4.42. The summed E-state index contributed by atoms with van der Waals surface area (Å²) in [6, 6.07) is 5.91. The summed E-state index contributed by atoms with van der Waals surface area (Å²) in [5.74, 6) is 2.12. The summed E-state index contributed by atoms with van der Waals surface area (Å²) in [6.07, 6.45) is 3.22. The van der Waals surface area contributed by atoms with Gasteiger partial charge >= 0.3 is 0 Å². The van der Waals surface area contributed by atoms with E-state index < -0.39 is 0 Å². The number of carbonyl (C=O) groups is 1. The first-order chi connectivity index (χ1) is 12.1. The van der Waals surface area contributed by atoms with E-state index in [1.807, 2.05) is 35.4 Å². The first kappa shape index (κ1) is 17.7. The quantitative estimate of drug-likeness (QED) is 0.722. The maximum absolute atomic E-state index is 12.8. The highest BCUT2D eigenvalue weighted by Gasteiger charge is 2.28. The van der Waals surface area contributed by atoms with E-state index in [4.69, 9.17) is 9.47 Å². The number of ether oxygens (including phenoxy) is 2. The lowest BCUT2D eigenvalue weighted by atomic mass is 10.1. The molecule has 134 valence electrons. The van der Waals surface area contributed by atoms with Crippen LogP contribution < -0.4 is 9.47 Å². The summed E-state index contributed by atoms with van der Waals surface area (Å²) in [5, 5.41) is 2.78. The van der Waals surface area contributed by atoms with Crippen molar-refractivity contribution >= 4 is 17.2 Å². The van der Waals surface area contributed by atoms with Gasteiger partial charge in [-0.05, 0) is 49.8 Å². The Bertz CT molecular complexity index is 740. The Balaban J connectivity index is 1.69. The highest BCUT2D eigenvalue weighted by Crippen LogP contribution is 2.31. The molecule has 0 bridgehead atoms. The van der Waals surface area contributed by atoms with Gasteiger partial charge in [0.15, 0.2) is 11.5 Å². The van der Waals surface area contributed by atoms with E-state index in [-0.39, 0.29) is 5.91 Å². The Morgan fingerprint density at radius 2 is 2.04 bits per heavy atom. The second kappa shape index (κ2) is 7.87. The minimum absolute atomic E-state index is 0.0386.